The lowest BCUT2D eigenvalue weighted by Crippen LogP contribution is -2.44. The third kappa shape index (κ3) is 8.94. The molecule has 0 amide bonds. The van der Waals surface area contributed by atoms with E-state index in [1.54, 1.807) is 0 Å². The first-order chi connectivity index (χ1) is 12.0. The van der Waals surface area contributed by atoms with Gasteiger partial charge in [-0.2, -0.15) is 0 Å². The van der Waals surface area contributed by atoms with Crippen molar-refractivity contribution in [3.05, 3.63) is 0 Å². The van der Waals surface area contributed by atoms with Crippen LogP contribution in [0.1, 0.15) is 39.0 Å². The lowest BCUT2D eigenvalue weighted by molar-refractivity contribution is -0.154. The quantitative estimate of drug-likeness (QED) is 0.181. The Morgan fingerprint density at radius 3 is 1.76 bits per heavy atom. The Balaban J connectivity index is 4.42. The van der Waals surface area contributed by atoms with E-state index in [2.05, 4.69) is 6.92 Å². The summed E-state index contributed by atoms with van der Waals surface area (Å²) >= 11 is 0. The van der Waals surface area contributed by atoms with Crippen molar-refractivity contribution < 1.29 is 39.8 Å². The van der Waals surface area contributed by atoms with E-state index in [0.717, 1.165) is 25.7 Å². The van der Waals surface area contributed by atoms with Gasteiger partial charge in [0.1, 0.15) is 6.61 Å². The van der Waals surface area contributed by atoms with Gasteiger partial charge in [0.15, 0.2) is 0 Å². The standard InChI is InChI=1S/C17H34O8/c1-2-3-4-5-6-15(23)25-14-17(10-21,11-22)13-24-12-16(7-18,8-19)9-20/h18-22H,2-14H2,1H3. The van der Waals surface area contributed by atoms with Crippen LogP contribution in [0, 0.1) is 10.8 Å². The van der Waals surface area contributed by atoms with E-state index < -0.39 is 49.8 Å². The normalized spacial score (nSPS) is 12.4. The third-order valence-electron chi connectivity index (χ3n) is 4.27. The highest BCUT2D eigenvalue weighted by atomic mass is 16.5. The molecule has 0 atom stereocenters. The van der Waals surface area contributed by atoms with Gasteiger partial charge in [0, 0.05) is 6.42 Å². The second kappa shape index (κ2) is 13.4. The van der Waals surface area contributed by atoms with E-state index >= 15 is 0 Å². The second-order valence-corrected chi connectivity index (χ2v) is 6.75. The minimum absolute atomic E-state index is 0.148. The highest BCUT2D eigenvalue weighted by molar-refractivity contribution is 5.69. The molecule has 25 heavy (non-hydrogen) atoms. The molecule has 0 heterocycles. The fourth-order valence-corrected chi connectivity index (χ4v) is 2.05. The maximum Gasteiger partial charge on any atom is 0.305 e. The fraction of sp³-hybridized carbons (Fsp3) is 0.941. The third-order valence-corrected chi connectivity index (χ3v) is 4.27. The summed E-state index contributed by atoms with van der Waals surface area (Å²) in [6.07, 6.45) is 4.10. The number of rotatable bonds is 16. The van der Waals surface area contributed by atoms with Crippen molar-refractivity contribution in [1.29, 1.82) is 0 Å². The van der Waals surface area contributed by atoms with Crippen molar-refractivity contribution in [3.63, 3.8) is 0 Å². The van der Waals surface area contributed by atoms with Gasteiger partial charge in [-0.1, -0.05) is 26.2 Å². The van der Waals surface area contributed by atoms with E-state index in [1.807, 2.05) is 0 Å². The maximum absolute atomic E-state index is 11.7. The number of carbonyl (C=O) groups is 1. The van der Waals surface area contributed by atoms with Crippen molar-refractivity contribution in [3.8, 4) is 0 Å². The maximum atomic E-state index is 11.7. The average Bonchev–Trinajstić information content (AvgIpc) is 2.66. The summed E-state index contributed by atoms with van der Waals surface area (Å²) in [4.78, 5) is 11.7. The van der Waals surface area contributed by atoms with Crippen LogP contribution in [0.15, 0.2) is 0 Å². The summed E-state index contributed by atoms with van der Waals surface area (Å²) < 4.78 is 10.5. The molecule has 5 N–H and O–H groups in total. The van der Waals surface area contributed by atoms with Gasteiger partial charge in [-0.15, -0.1) is 0 Å². The molecule has 0 aromatic carbocycles. The van der Waals surface area contributed by atoms with Gasteiger partial charge in [-0.3, -0.25) is 4.79 Å². The van der Waals surface area contributed by atoms with Gasteiger partial charge in [0.05, 0.1) is 57.1 Å². The number of hydrogen-bond acceptors (Lipinski definition) is 8. The summed E-state index contributed by atoms with van der Waals surface area (Å²) in [5, 5.41) is 46.9. The zero-order chi connectivity index (χ0) is 19.2. The number of unbranched alkanes of at least 4 members (excludes halogenated alkanes) is 3. The van der Waals surface area contributed by atoms with E-state index in [0.29, 0.717) is 0 Å². The van der Waals surface area contributed by atoms with Crippen LogP contribution < -0.4 is 0 Å². The van der Waals surface area contributed by atoms with Crippen molar-refractivity contribution >= 4 is 5.97 Å². The molecule has 0 aliphatic carbocycles. The monoisotopic (exact) mass is 366 g/mol. The Labute approximate surface area is 149 Å². The molecule has 0 spiro atoms. The van der Waals surface area contributed by atoms with Gasteiger partial charge >= 0.3 is 5.97 Å². The molecule has 150 valence electrons. The molecule has 0 aromatic heterocycles. The molecule has 0 saturated heterocycles. The largest absolute Gasteiger partial charge is 0.465 e. The van der Waals surface area contributed by atoms with Crippen LogP contribution in [0.3, 0.4) is 0 Å². The van der Waals surface area contributed by atoms with E-state index in [4.69, 9.17) is 9.47 Å². The predicted octanol–water partition coefficient (Wildman–Crippen LogP) is -0.549. The van der Waals surface area contributed by atoms with Gasteiger partial charge in [-0.05, 0) is 6.42 Å². The number of esters is 1. The average molecular weight is 366 g/mol. The van der Waals surface area contributed by atoms with Crippen LogP contribution in [-0.4, -0.2) is 84.4 Å². The molecular weight excluding hydrogens is 332 g/mol. The molecule has 0 bridgehead atoms. The molecular formula is C17H34O8. The Kier molecular flexibility index (Phi) is 13.0. The van der Waals surface area contributed by atoms with Crippen LogP contribution >= 0.6 is 0 Å². The van der Waals surface area contributed by atoms with Crippen LogP contribution in [0.5, 0.6) is 0 Å². The van der Waals surface area contributed by atoms with Crippen LogP contribution in [0.2, 0.25) is 0 Å². The summed E-state index contributed by atoms with van der Waals surface area (Å²) in [6, 6.07) is 0. The molecule has 0 saturated carbocycles. The fourth-order valence-electron chi connectivity index (χ4n) is 2.05. The summed E-state index contributed by atoms with van der Waals surface area (Å²) in [7, 11) is 0. The Bertz CT molecular complexity index is 331. The van der Waals surface area contributed by atoms with Crippen LogP contribution in [0.25, 0.3) is 0 Å². The molecule has 0 aliphatic rings. The predicted molar refractivity (Wildman–Crippen MR) is 90.8 cm³/mol. The van der Waals surface area contributed by atoms with E-state index in [9.17, 15) is 30.3 Å². The van der Waals surface area contributed by atoms with Gasteiger partial charge in [-0.25, -0.2) is 0 Å². The number of aliphatic hydroxyl groups excluding tert-OH is 5. The van der Waals surface area contributed by atoms with Crippen molar-refractivity contribution in [1.82, 2.24) is 0 Å². The molecule has 8 nitrogen and oxygen atoms in total. The SMILES string of the molecule is CCCCCCC(=O)OCC(CO)(CO)COCC(CO)(CO)CO. The van der Waals surface area contributed by atoms with Gasteiger partial charge in [0.2, 0.25) is 0 Å². The molecule has 0 aliphatic heterocycles. The Morgan fingerprint density at radius 2 is 1.28 bits per heavy atom. The molecule has 0 rings (SSSR count). The minimum atomic E-state index is -1.20. The number of ether oxygens (including phenoxy) is 2. The lowest BCUT2D eigenvalue weighted by atomic mass is 9.90. The van der Waals surface area contributed by atoms with Gasteiger partial charge in [0.25, 0.3) is 0 Å². The van der Waals surface area contributed by atoms with Crippen LogP contribution in [-0.2, 0) is 14.3 Å². The minimum Gasteiger partial charge on any atom is -0.465 e. The highest BCUT2D eigenvalue weighted by Crippen LogP contribution is 2.21. The smallest absolute Gasteiger partial charge is 0.305 e. The van der Waals surface area contributed by atoms with E-state index in [1.165, 1.54) is 0 Å². The molecule has 0 unspecified atom stereocenters. The topological polar surface area (TPSA) is 137 Å². The Hall–Kier alpha value is -0.770. The molecule has 0 radical (unpaired) electrons. The van der Waals surface area contributed by atoms with Crippen LogP contribution in [0.4, 0.5) is 0 Å². The first-order valence-corrected chi connectivity index (χ1v) is 8.74. The van der Waals surface area contributed by atoms with Crippen molar-refractivity contribution in [2.45, 2.75) is 39.0 Å². The van der Waals surface area contributed by atoms with E-state index in [-0.39, 0.29) is 26.2 Å². The molecule has 8 heteroatoms. The summed E-state index contributed by atoms with van der Waals surface area (Å²) in [5.41, 5.74) is -2.38. The van der Waals surface area contributed by atoms with Crippen molar-refractivity contribution in [2.24, 2.45) is 10.8 Å². The Morgan fingerprint density at radius 1 is 0.760 bits per heavy atom. The van der Waals surface area contributed by atoms with Crippen molar-refractivity contribution in [2.75, 3.05) is 52.9 Å². The number of carbonyl (C=O) groups excluding carboxylic acids is 1. The summed E-state index contributed by atoms with van der Waals surface area (Å²) in [6.45, 7) is -0.777. The molecule has 0 aromatic rings. The number of aliphatic hydroxyl groups is 5. The first-order valence-electron chi connectivity index (χ1n) is 8.74. The summed E-state index contributed by atoms with van der Waals surface area (Å²) in [5.74, 6) is -0.391. The lowest BCUT2D eigenvalue weighted by Gasteiger charge is -2.32. The zero-order valence-corrected chi connectivity index (χ0v) is 15.2. The second-order valence-electron chi connectivity index (χ2n) is 6.75. The first kappa shape index (κ1) is 24.2. The highest BCUT2D eigenvalue weighted by Gasteiger charge is 2.34. The molecule has 0 fully saturated rings. The zero-order valence-electron chi connectivity index (χ0n) is 15.2. The number of hydrogen-bond donors (Lipinski definition) is 5. The van der Waals surface area contributed by atoms with Gasteiger partial charge < -0.3 is 35.0 Å².